The van der Waals surface area contributed by atoms with E-state index in [-0.39, 0.29) is 11.9 Å². The minimum absolute atomic E-state index is 0.249. The summed E-state index contributed by atoms with van der Waals surface area (Å²) in [5.41, 5.74) is 6.62. The molecule has 1 fully saturated rings. The van der Waals surface area contributed by atoms with E-state index in [9.17, 15) is 4.79 Å². The highest BCUT2D eigenvalue weighted by atomic mass is 16.2. The van der Waals surface area contributed by atoms with Crippen LogP contribution in [0.2, 0.25) is 0 Å². The Morgan fingerprint density at radius 1 is 0.774 bits per heavy atom. The lowest BCUT2D eigenvalue weighted by molar-refractivity contribution is -0.140. The Balaban J connectivity index is 1.22. The molecule has 0 saturated carbocycles. The summed E-state index contributed by atoms with van der Waals surface area (Å²) in [7, 11) is 0. The molecule has 2 atom stereocenters. The highest BCUT2D eigenvalue weighted by Gasteiger charge is 2.35. The van der Waals surface area contributed by atoms with Crippen molar-refractivity contribution < 1.29 is 4.79 Å². The van der Waals surface area contributed by atoms with Crippen molar-refractivity contribution in [1.29, 1.82) is 10.5 Å². The molecule has 1 aliphatic heterocycles. The highest BCUT2D eigenvalue weighted by molar-refractivity contribution is 5.79. The van der Waals surface area contributed by atoms with Crippen LogP contribution >= 0.6 is 0 Å². The fourth-order valence-corrected chi connectivity index (χ4v) is 5.59. The summed E-state index contributed by atoms with van der Waals surface area (Å²) < 4.78 is 0. The Hall–Kier alpha value is -3.15. The van der Waals surface area contributed by atoms with E-state index in [1.54, 1.807) is 0 Å². The molecule has 2 aromatic rings. The first-order valence-electron chi connectivity index (χ1n) is 11.2. The summed E-state index contributed by atoms with van der Waals surface area (Å²) in [6.07, 6.45) is 5.80. The Morgan fingerprint density at radius 3 is 1.94 bits per heavy atom. The number of rotatable bonds is 2. The van der Waals surface area contributed by atoms with Gasteiger partial charge in [-0.2, -0.15) is 10.5 Å². The Kier molecular flexibility index (Phi) is 5.22. The van der Waals surface area contributed by atoms with E-state index < -0.39 is 0 Å². The number of aryl methyl sites for hydroxylation is 2. The van der Waals surface area contributed by atoms with Gasteiger partial charge in [0, 0.05) is 25.2 Å². The second-order valence-electron chi connectivity index (χ2n) is 9.04. The van der Waals surface area contributed by atoms with Gasteiger partial charge in [-0.25, -0.2) is 0 Å². The van der Waals surface area contributed by atoms with Crippen LogP contribution in [0.15, 0.2) is 36.4 Å². The largest absolute Gasteiger partial charge is 0.337 e. The quantitative estimate of drug-likeness (QED) is 0.763. The van der Waals surface area contributed by atoms with Crippen molar-refractivity contribution in [2.24, 2.45) is 0 Å². The smallest absolute Gasteiger partial charge is 0.237 e. The summed E-state index contributed by atoms with van der Waals surface area (Å²) in [6, 6.07) is 17.1. The minimum Gasteiger partial charge on any atom is -0.337 e. The maximum Gasteiger partial charge on any atom is 0.237 e. The second-order valence-corrected chi connectivity index (χ2v) is 9.04. The van der Waals surface area contributed by atoms with Gasteiger partial charge in [-0.3, -0.25) is 9.69 Å². The predicted molar refractivity (Wildman–Crippen MR) is 117 cm³/mol. The summed E-state index contributed by atoms with van der Waals surface area (Å²) >= 11 is 0. The molecule has 2 aliphatic carbocycles. The summed E-state index contributed by atoms with van der Waals surface area (Å²) in [4.78, 5) is 17.6. The summed E-state index contributed by atoms with van der Waals surface area (Å²) in [6.45, 7) is 2.23. The number of fused-ring (bicyclic) bond motifs is 2. The number of hydrogen-bond acceptors (Lipinski definition) is 4. The Bertz CT molecular complexity index is 1110. The van der Waals surface area contributed by atoms with E-state index in [2.05, 4.69) is 34.1 Å². The van der Waals surface area contributed by atoms with Gasteiger partial charge < -0.3 is 4.90 Å². The molecule has 0 aromatic heterocycles. The van der Waals surface area contributed by atoms with E-state index >= 15 is 0 Å². The van der Waals surface area contributed by atoms with E-state index in [0.717, 1.165) is 62.7 Å². The van der Waals surface area contributed by atoms with E-state index in [4.69, 9.17) is 10.5 Å². The molecular weight excluding hydrogens is 384 g/mol. The molecule has 0 N–H and O–H groups in total. The number of amides is 1. The average Bonchev–Trinajstić information content (AvgIpc) is 2.82. The van der Waals surface area contributed by atoms with E-state index in [1.807, 2.05) is 24.3 Å². The molecule has 5 nitrogen and oxygen atoms in total. The van der Waals surface area contributed by atoms with E-state index in [0.29, 0.717) is 12.6 Å². The van der Waals surface area contributed by atoms with Crippen molar-refractivity contribution in [3.63, 3.8) is 0 Å². The maximum absolute atomic E-state index is 13.1. The lowest BCUT2D eigenvalue weighted by Gasteiger charge is -2.44. The molecule has 2 aromatic carbocycles. The Morgan fingerprint density at radius 2 is 1.35 bits per heavy atom. The Labute approximate surface area is 183 Å². The van der Waals surface area contributed by atoms with Gasteiger partial charge in [-0.05, 0) is 85.0 Å². The van der Waals surface area contributed by atoms with Gasteiger partial charge in [-0.15, -0.1) is 0 Å². The third kappa shape index (κ3) is 3.82. The second kappa shape index (κ2) is 8.17. The number of piperazine rings is 1. The van der Waals surface area contributed by atoms with Gasteiger partial charge in [0.25, 0.3) is 0 Å². The topological polar surface area (TPSA) is 71.1 Å². The molecule has 0 bridgehead atoms. The lowest BCUT2D eigenvalue weighted by atomic mass is 9.85. The van der Waals surface area contributed by atoms with Crippen LogP contribution in [-0.2, 0) is 30.5 Å². The lowest BCUT2D eigenvalue weighted by Crippen LogP contribution is -2.58. The molecule has 5 rings (SSSR count). The van der Waals surface area contributed by atoms with Crippen molar-refractivity contribution in [2.45, 2.75) is 50.6 Å². The van der Waals surface area contributed by atoms with Gasteiger partial charge >= 0.3 is 0 Å². The van der Waals surface area contributed by atoms with E-state index in [1.165, 1.54) is 22.3 Å². The zero-order valence-corrected chi connectivity index (χ0v) is 17.7. The molecular formula is C26H26N4O. The van der Waals surface area contributed by atoms with Crippen LogP contribution < -0.4 is 0 Å². The van der Waals surface area contributed by atoms with Gasteiger partial charge in [-0.1, -0.05) is 12.1 Å². The van der Waals surface area contributed by atoms with Crippen LogP contribution in [-0.4, -0.2) is 47.4 Å². The number of carbonyl (C=O) groups is 1. The average molecular weight is 411 g/mol. The van der Waals surface area contributed by atoms with Crippen molar-refractivity contribution in [3.8, 4) is 12.1 Å². The first kappa shape index (κ1) is 19.8. The van der Waals surface area contributed by atoms with Gasteiger partial charge in [0.1, 0.15) is 0 Å². The molecule has 3 aliphatic rings. The minimum atomic E-state index is 0.249. The third-order valence-corrected chi connectivity index (χ3v) is 7.32. The molecule has 0 radical (unpaired) electrons. The molecule has 1 saturated heterocycles. The first-order valence-corrected chi connectivity index (χ1v) is 11.2. The van der Waals surface area contributed by atoms with Gasteiger partial charge in [0.05, 0.1) is 29.8 Å². The van der Waals surface area contributed by atoms with Crippen molar-refractivity contribution in [2.75, 3.05) is 19.6 Å². The number of nitriles is 2. The van der Waals surface area contributed by atoms with Gasteiger partial charge in [0.2, 0.25) is 5.91 Å². The predicted octanol–water partition coefficient (Wildman–Crippen LogP) is 2.99. The van der Waals surface area contributed by atoms with Crippen LogP contribution in [0.4, 0.5) is 0 Å². The fourth-order valence-electron chi connectivity index (χ4n) is 5.59. The molecule has 1 heterocycles. The summed E-state index contributed by atoms with van der Waals surface area (Å²) in [5, 5.41) is 18.2. The highest BCUT2D eigenvalue weighted by Crippen LogP contribution is 2.29. The molecule has 156 valence electrons. The zero-order chi connectivity index (χ0) is 21.4. The molecule has 1 amide bonds. The molecule has 0 spiro atoms. The third-order valence-electron chi connectivity index (χ3n) is 7.32. The first-order chi connectivity index (χ1) is 15.1. The maximum atomic E-state index is 13.1. The zero-order valence-electron chi connectivity index (χ0n) is 17.7. The molecule has 5 heteroatoms. The normalized spacial score (nSPS) is 23.4. The number of nitrogens with zero attached hydrogens (tertiary/aromatic N) is 4. The fraction of sp³-hybridized carbons (Fsp3) is 0.423. The molecule has 31 heavy (non-hydrogen) atoms. The molecule has 1 unspecified atom stereocenters. The van der Waals surface area contributed by atoms with Crippen LogP contribution in [0.5, 0.6) is 0 Å². The number of hydrogen-bond donors (Lipinski definition) is 0. The standard InChI is InChI=1S/C26H26N4O/c27-15-18-1-3-22-13-24(7-5-20(22)11-18)29-9-10-30(26(31)17-29)25-8-6-21-12-19(16-28)2-4-23(21)14-25/h1-4,11-12,24-25H,5-10,13-14,17H2/t24?,25-/m0/s1. The van der Waals surface area contributed by atoms with Crippen molar-refractivity contribution >= 4 is 5.91 Å². The van der Waals surface area contributed by atoms with Crippen LogP contribution in [0.1, 0.15) is 46.2 Å². The van der Waals surface area contributed by atoms with Crippen LogP contribution in [0, 0.1) is 22.7 Å². The SMILES string of the molecule is N#Cc1ccc2c(c1)CCC(N1CCN([C@H]3CCc4cc(C#N)ccc4C3)C(=O)C1)C2. The monoisotopic (exact) mass is 410 g/mol. The van der Waals surface area contributed by atoms with Gasteiger partial charge in [0.15, 0.2) is 0 Å². The van der Waals surface area contributed by atoms with Crippen LogP contribution in [0.3, 0.4) is 0 Å². The van der Waals surface area contributed by atoms with Crippen LogP contribution in [0.25, 0.3) is 0 Å². The number of carbonyl (C=O) groups excluding carboxylic acids is 1. The van der Waals surface area contributed by atoms with Crippen molar-refractivity contribution in [1.82, 2.24) is 9.80 Å². The summed E-state index contributed by atoms with van der Waals surface area (Å²) in [5.74, 6) is 0.249. The van der Waals surface area contributed by atoms with Crippen molar-refractivity contribution in [3.05, 3.63) is 69.8 Å². The number of benzene rings is 2.